The summed E-state index contributed by atoms with van der Waals surface area (Å²) in [5, 5.41) is 21.6. The summed E-state index contributed by atoms with van der Waals surface area (Å²) in [4.78, 5) is 0. The van der Waals surface area contributed by atoms with Crippen LogP contribution in [0, 0.1) is 0 Å². The summed E-state index contributed by atoms with van der Waals surface area (Å²) in [5.74, 6) is 0.280. The van der Waals surface area contributed by atoms with Crippen LogP contribution in [-0.4, -0.2) is 16.8 Å². The molecular formula is C9H12ClNO2. The standard InChI is InChI=1S/C9H11NO2.ClH/c11-6-1-2-7(9(12)5-6)8-3-4-10-8;/h1-2,5,8,10-12H,3-4H2;1H/t8-;/m1./s1. The highest BCUT2D eigenvalue weighted by atomic mass is 35.5. The maximum atomic E-state index is 9.43. The molecule has 1 aromatic carbocycles. The normalized spacial score (nSPS) is 20.2. The minimum absolute atomic E-state index is 0. The van der Waals surface area contributed by atoms with Crippen molar-refractivity contribution in [3.05, 3.63) is 23.8 Å². The SMILES string of the molecule is Cl.Oc1ccc([C@H]2CCN2)c(O)c1. The van der Waals surface area contributed by atoms with Crippen molar-refractivity contribution >= 4 is 12.4 Å². The number of aromatic hydroxyl groups is 2. The maximum absolute atomic E-state index is 9.43. The topological polar surface area (TPSA) is 52.5 Å². The van der Waals surface area contributed by atoms with Gasteiger partial charge < -0.3 is 15.5 Å². The molecule has 3 N–H and O–H groups in total. The molecule has 0 aliphatic carbocycles. The summed E-state index contributed by atoms with van der Waals surface area (Å²) < 4.78 is 0. The zero-order valence-corrected chi connectivity index (χ0v) is 7.84. The molecule has 1 aromatic rings. The summed E-state index contributed by atoms with van der Waals surface area (Å²) in [5.41, 5.74) is 0.874. The molecule has 0 saturated carbocycles. The van der Waals surface area contributed by atoms with Gasteiger partial charge in [-0.1, -0.05) is 6.07 Å². The van der Waals surface area contributed by atoms with Crippen LogP contribution in [0.4, 0.5) is 0 Å². The van der Waals surface area contributed by atoms with E-state index in [0.29, 0.717) is 0 Å². The number of rotatable bonds is 1. The van der Waals surface area contributed by atoms with E-state index in [4.69, 9.17) is 5.11 Å². The molecule has 1 fully saturated rings. The van der Waals surface area contributed by atoms with Gasteiger partial charge >= 0.3 is 0 Å². The Balaban J connectivity index is 0.000000845. The van der Waals surface area contributed by atoms with Crippen molar-refractivity contribution in [2.75, 3.05) is 6.54 Å². The number of phenols is 2. The molecule has 72 valence electrons. The number of hydrogen-bond acceptors (Lipinski definition) is 3. The molecule has 1 heterocycles. The van der Waals surface area contributed by atoms with E-state index in [1.54, 1.807) is 12.1 Å². The van der Waals surface area contributed by atoms with E-state index >= 15 is 0 Å². The minimum atomic E-state index is 0. The predicted octanol–water partition coefficient (Wildman–Crippen LogP) is 1.55. The molecule has 0 radical (unpaired) electrons. The highest BCUT2D eigenvalue weighted by molar-refractivity contribution is 5.85. The third kappa shape index (κ3) is 1.87. The first-order valence-corrected chi connectivity index (χ1v) is 4.02. The third-order valence-corrected chi connectivity index (χ3v) is 2.21. The first-order valence-electron chi connectivity index (χ1n) is 4.02. The zero-order chi connectivity index (χ0) is 8.55. The largest absolute Gasteiger partial charge is 0.508 e. The predicted molar refractivity (Wildman–Crippen MR) is 52.4 cm³/mol. The van der Waals surface area contributed by atoms with E-state index in [0.717, 1.165) is 18.5 Å². The summed E-state index contributed by atoms with van der Waals surface area (Å²) >= 11 is 0. The fourth-order valence-corrected chi connectivity index (χ4v) is 1.38. The van der Waals surface area contributed by atoms with Crippen LogP contribution in [0.3, 0.4) is 0 Å². The van der Waals surface area contributed by atoms with Crippen molar-refractivity contribution in [3.63, 3.8) is 0 Å². The molecule has 0 spiro atoms. The van der Waals surface area contributed by atoms with Crippen molar-refractivity contribution in [3.8, 4) is 11.5 Å². The van der Waals surface area contributed by atoms with E-state index in [9.17, 15) is 5.11 Å². The van der Waals surface area contributed by atoms with Gasteiger partial charge in [0.15, 0.2) is 0 Å². The first-order chi connectivity index (χ1) is 5.77. The van der Waals surface area contributed by atoms with Crippen LogP contribution in [-0.2, 0) is 0 Å². The molecule has 1 atom stereocenters. The lowest BCUT2D eigenvalue weighted by atomic mass is 9.97. The monoisotopic (exact) mass is 201 g/mol. The van der Waals surface area contributed by atoms with Gasteiger partial charge in [-0.15, -0.1) is 12.4 Å². The lowest BCUT2D eigenvalue weighted by molar-refractivity contribution is 0.362. The Morgan fingerprint density at radius 2 is 2.00 bits per heavy atom. The van der Waals surface area contributed by atoms with Crippen LogP contribution in [0.2, 0.25) is 0 Å². The molecule has 13 heavy (non-hydrogen) atoms. The van der Waals surface area contributed by atoms with Crippen molar-refractivity contribution in [2.24, 2.45) is 0 Å². The smallest absolute Gasteiger partial charge is 0.124 e. The van der Waals surface area contributed by atoms with Gasteiger partial charge in [-0.05, 0) is 19.0 Å². The Labute approximate surface area is 82.8 Å². The van der Waals surface area contributed by atoms with Crippen LogP contribution in [0.5, 0.6) is 11.5 Å². The van der Waals surface area contributed by atoms with Crippen LogP contribution < -0.4 is 5.32 Å². The van der Waals surface area contributed by atoms with E-state index < -0.39 is 0 Å². The minimum Gasteiger partial charge on any atom is -0.508 e. The van der Waals surface area contributed by atoms with E-state index in [1.807, 2.05) is 0 Å². The lowest BCUT2D eigenvalue weighted by Crippen LogP contribution is -2.34. The van der Waals surface area contributed by atoms with Gasteiger partial charge in [0.2, 0.25) is 0 Å². The van der Waals surface area contributed by atoms with Gasteiger partial charge in [0.1, 0.15) is 11.5 Å². The summed E-state index contributed by atoms with van der Waals surface area (Å²) in [6.45, 7) is 1.00. The number of hydrogen-bond donors (Lipinski definition) is 3. The number of nitrogens with one attached hydrogen (secondary N) is 1. The van der Waals surface area contributed by atoms with Gasteiger partial charge in [0.05, 0.1) is 0 Å². The number of phenolic OH excluding ortho intramolecular Hbond substituents is 2. The fourth-order valence-electron chi connectivity index (χ4n) is 1.38. The second kappa shape index (κ2) is 3.85. The molecule has 0 unspecified atom stereocenters. The maximum Gasteiger partial charge on any atom is 0.124 e. The van der Waals surface area contributed by atoms with E-state index in [1.165, 1.54) is 6.07 Å². The Kier molecular flexibility index (Phi) is 3.01. The van der Waals surface area contributed by atoms with Crippen molar-refractivity contribution in [2.45, 2.75) is 12.5 Å². The van der Waals surface area contributed by atoms with Gasteiger partial charge in [-0.25, -0.2) is 0 Å². The third-order valence-electron chi connectivity index (χ3n) is 2.21. The molecule has 0 aromatic heterocycles. The highest BCUT2D eigenvalue weighted by Crippen LogP contribution is 2.32. The van der Waals surface area contributed by atoms with E-state index in [2.05, 4.69) is 5.32 Å². The molecule has 0 bridgehead atoms. The van der Waals surface area contributed by atoms with Crippen molar-refractivity contribution < 1.29 is 10.2 Å². The van der Waals surface area contributed by atoms with Crippen LogP contribution in [0.1, 0.15) is 18.0 Å². The Morgan fingerprint density at radius 1 is 1.31 bits per heavy atom. The second-order valence-electron chi connectivity index (χ2n) is 3.04. The highest BCUT2D eigenvalue weighted by Gasteiger charge is 2.21. The molecular weight excluding hydrogens is 190 g/mol. The molecule has 1 aliphatic rings. The summed E-state index contributed by atoms with van der Waals surface area (Å²) in [7, 11) is 0. The second-order valence-corrected chi connectivity index (χ2v) is 3.04. The first kappa shape index (κ1) is 10.2. The number of halogens is 1. The van der Waals surface area contributed by atoms with Gasteiger partial charge in [0.25, 0.3) is 0 Å². The molecule has 1 saturated heterocycles. The van der Waals surface area contributed by atoms with E-state index in [-0.39, 0.29) is 29.9 Å². The van der Waals surface area contributed by atoms with Gasteiger partial charge in [-0.3, -0.25) is 0 Å². The molecule has 3 nitrogen and oxygen atoms in total. The Hall–Kier alpha value is -0.930. The lowest BCUT2D eigenvalue weighted by Gasteiger charge is -2.28. The average Bonchev–Trinajstić information content (AvgIpc) is 1.91. The molecule has 0 amide bonds. The van der Waals surface area contributed by atoms with Crippen molar-refractivity contribution in [1.29, 1.82) is 0 Å². The Bertz CT molecular complexity index is 300. The number of benzene rings is 1. The van der Waals surface area contributed by atoms with Crippen LogP contribution >= 0.6 is 12.4 Å². The summed E-state index contributed by atoms with van der Waals surface area (Å²) in [6.07, 6.45) is 1.05. The van der Waals surface area contributed by atoms with Crippen LogP contribution in [0.25, 0.3) is 0 Å². The zero-order valence-electron chi connectivity index (χ0n) is 7.03. The fraction of sp³-hybridized carbons (Fsp3) is 0.333. The summed E-state index contributed by atoms with van der Waals surface area (Å²) in [6, 6.07) is 4.98. The molecule has 1 aliphatic heterocycles. The van der Waals surface area contributed by atoms with Crippen molar-refractivity contribution in [1.82, 2.24) is 5.32 Å². The van der Waals surface area contributed by atoms with Crippen LogP contribution in [0.15, 0.2) is 18.2 Å². The van der Waals surface area contributed by atoms with Gasteiger partial charge in [-0.2, -0.15) is 0 Å². The Morgan fingerprint density at radius 3 is 2.46 bits per heavy atom. The molecule has 4 heteroatoms. The van der Waals surface area contributed by atoms with Gasteiger partial charge in [0, 0.05) is 17.7 Å². The average molecular weight is 202 g/mol. The molecule has 2 rings (SSSR count). The quantitative estimate of drug-likeness (QED) is 0.646.